The van der Waals surface area contributed by atoms with Gasteiger partial charge in [0.15, 0.2) is 0 Å². The fraction of sp³-hybridized carbons (Fsp3) is 0.286. The summed E-state index contributed by atoms with van der Waals surface area (Å²) in [5, 5.41) is 11.0. The molecule has 5 nitrogen and oxygen atoms in total. The number of hydrogen-bond donors (Lipinski definition) is 1. The molecule has 0 radical (unpaired) electrons. The van der Waals surface area contributed by atoms with Gasteiger partial charge in [-0.05, 0) is 41.5 Å². The van der Waals surface area contributed by atoms with E-state index in [0.29, 0.717) is 28.8 Å². The van der Waals surface area contributed by atoms with E-state index in [9.17, 15) is 27.5 Å². The number of aromatic nitrogens is 1. The van der Waals surface area contributed by atoms with Crippen molar-refractivity contribution in [2.24, 2.45) is 0 Å². The van der Waals surface area contributed by atoms with Crippen LogP contribution in [0.4, 0.5) is 17.6 Å². The summed E-state index contributed by atoms with van der Waals surface area (Å²) in [5.74, 6) is -1.62. The highest BCUT2D eigenvalue weighted by atomic mass is 19.4. The van der Waals surface area contributed by atoms with E-state index >= 15 is 0 Å². The van der Waals surface area contributed by atoms with E-state index in [1.165, 1.54) is 42.1 Å². The number of carboxylic acids is 1. The van der Waals surface area contributed by atoms with Crippen molar-refractivity contribution < 1.29 is 32.3 Å². The first-order valence-electron chi connectivity index (χ1n) is 9.13. The van der Waals surface area contributed by atoms with Gasteiger partial charge in [0.25, 0.3) is 0 Å². The highest BCUT2D eigenvalue weighted by molar-refractivity contribution is 5.98. The van der Waals surface area contributed by atoms with Crippen molar-refractivity contribution in [3.05, 3.63) is 59.5 Å². The van der Waals surface area contributed by atoms with Gasteiger partial charge in [0, 0.05) is 35.8 Å². The molecule has 0 aliphatic carbocycles. The number of carbonyl (C=O) groups is 1. The second-order valence-electron chi connectivity index (χ2n) is 6.73. The summed E-state index contributed by atoms with van der Waals surface area (Å²) in [5.41, 5.74) is 0.889. The van der Waals surface area contributed by atoms with Crippen LogP contribution in [0.5, 0.6) is 0 Å². The second kappa shape index (κ2) is 8.45. The molecular formula is C21H20F4N2O3. The van der Waals surface area contributed by atoms with Crippen molar-refractivity contribution in [2.45, 2.75) is 26.2 Å². The Kier molecular flexibility index (Phi) is 6.14. The molecule has 0 spiro atoms. The Morgan fingerprint density at radius 2 is 1.90 bits per heavy atom. The number of aliphatic carboxylic acids is 1. The van der Waals surface area contributed by atoms with Gasteiger partial charge in [0.1, 0.15) is 12.4 Å². The molecule has 3 aromatic rings. The van der Waals surface area contributed by atoms with E-state index < -0.39 is 30.1 Å². The van der Waals surface area contributed by atoms with Gasteiger partial charge in [-0.25, -0.2) is 4.39 Å². The van der Waals surface area contributed by atoms with E-state index in [-0.39, 0.29) is 11.9 Å². The zero-order chi connectivity index (χ0) is 22.1. The Morgan fingerprint density at radius 3 is 2.50 bits per heavy atom. The first-order chi connectivity index (χ1) is 14.1. The predicted molar refractivity (Wildman–Crippen MR) is 103 cm³/mol. The molecule has 30 heavy (non-hydrogen) atoms. The standard InChI is InChI=1S/C21H20F4N2O3/c1-3-27(30-2)10-13-8-15(22)5-6-16(13)18-11-26(12-20(28)29)19-7-4-14(9-17(18)19)21(23,24)25/h4-9,11H,3,10,12H2,1-2H3,(H,28,29). The summed E-state index contributed by atoms with van der Waals surface area (Å²) in [4.78, 5) is 16.5. The second-order valence-corrected chi connectivity index (χ2v) is 6.73. The van der Waals surface area contributed by atoms with Crippen LogP contribution >= 0.6 is 0 Å². The van der Waals surface area contributed by atoms with Crippen molar-refractivity contribution >= 4 is 16.9 Å². The predicted octanol–water partition coefficient (Wildman–Crippen LogP) is 4.93. The lowest BCUT2D eigenvalue weighted by molar-refractivity contribution is -0.138. The Hall–Kier alpha value is -2.91. The normalized spacial score (nSPS) is 12.1. The summed E-state index contributed by atoms with van der Waals surface area (Å²) >= 11 is 0. The maximum atomic E-state index is 13.9. The van der Waals surface area contributed by atoms with Crippen LogP contribution in [0, 0.1) is 5.82 Å². The fourth-order valence-corrected chi connectivity index (χ4v) is 3.42. The molecule has 0 unspecified atom stereocenters. The van der Waals surface area contributed by atoms with Crippen LogP contribution < -0.4 is 0 Å². The van der Waals surface area contributed by atoms with E-state index in [2.05, 4.69) is 0 Å². The molecule has 0 bridgehead atoms. The number of halogens is 4. The van der Waals surface area contributed by atoms with Gasteiger partial charge >= 0.3 is 12.1 Å². The SMILES string of the molecule is CCN(Cc1cc(F)ccc1-c1cn(CC(=O)O)c2ccc(C(F)(F)F)cc12)OC. The molecule has 0 fully saturated rings. The van der Waals surface area contributed by atoms with Crippen LogP contribution in [-0.2, 0) is 28.9 Å². The molecule has 0 aliphatic heterocycles. The molecular weight excluding hydrogens is 404 g/mol. The molecule has 160 valence electrons. The van der Waals surface area contributed by atoms with E-state index in [1.807, 2.05) is 6.92 Å². The summed E-state index contributed by atoms with van der Waals surface area (Å²) in [6.45, 7) is 2.13. The van der Waals surface area contributed by atoms with Crippen LogP contribution in [0.15, 0.2) is 42.6 Å². The number of nitrogens with zero attached hydrogens (tertiary/aromatic N) is 2. The van der Waals surface area contributed by atoms with E-state index in [1.54, 1.807) is 5.06 Å². The van der Waals surface area contributed by atoms with Gasteiger partial charge in [-0.2, -0.15) is 18.2 Å². The van der Waals surface area contributed by atoms with Gasteiger partial charge < -0.3 is 14.5 Å². The lowest BCUT2D eigenvalue weighted by Crippen LogP contribution is -2.21. The van der Waals surface area contributed by atoms with Crippen LogP contribution in [0.3, 0.4) is 0 Å². The van der Waals surface area contributed by atoms with Gasteiger partial charge in [-0.1, -0.05) is 13.0 Å². The summed E-state index contributed by atoms with van der Waals surface area (Å²) in [6, 6.07) is 7.15. The van der Waals surface area contributed by atoms with Crippen LogP contribution in [0.2, 0.25) is 0 Å². The highest BCUT2D eigenvalue weighted by Gasteiger charge is 2.31. The van der Waals surface area contributed by atoms with Gasteiger partial charge in [-0.3, -0.25) is 4.79 Å². The molecule has 1 N–H and O–H groups in total. The van der Waals surface area contributed by atoms with Crippen molar-refractivity contribution in [3.8, 4) is 11.1 Å². The minimum Gasteiger partial charge on any atom is -0.480 e. The Labute approximate surface area is 170 Å². The zero-order valence-electron chi connectivity index (χ0n) is 16.3. The summed E-state index contributed by atoms with van der Waals surface area (Å²) < 4.78 is 55.2. The smallest absolute Gasteiger partial charge is 0.416 e. The minimum absolute atomic E-state index is 0.199. The first kappa shape index (κ1) is 21.8. The molecule has 0 aliphatic rings. The number of rotatable bonds is 7. The van der Waals surface area contributed by atoms with Crippen molar-refractivity contribution in [1.29, 1.82) is 0 Å². The van der Waals surface area contributed by atoms with Gasteiger partial charge in [0.2, 0.25) is 0 Å². The molecule has 0 atom stereocenters. The van der Waals surface area contributed by atoms with E-state index in [0.717, 1.165) is 12.1 Å². The number of carboxylic acid groups (broad SMARTS) is 1. The first-order valence-corrected chi connectivity index (χ1v) is 9.13. The molecule has 1 aromatic heterocycles. The van der Waals surface area contributed by atoms with Gasteiger partial charge in [0.05, 0.1) is 12.7 Å². The van der Waals surface area contributed by atoms with E-state index in [4.69, 9.17) is 4.84 Å². The summed E-state index contributed by atoms with van der Waals surface area (Å²) in [6.07, 6.45) is -3.07. The van der Waals surface area contributed by atoms with Crippen LogP contribution in [0.25, 0.3) is 22.0 Å². The number of hydroxylamine groups is 2. The number of alkyl halides is 3. The lowest BCUT2D eigenvalue weighted by Gasteiger charge is -2.19. The quantitative estimate of drug-likeness (QED) is 0.432. The van der Waals surface area contributed by atoms with Crippen LogP contribution in [-0.4, -0.2) is 34.4 Å². The lowest BCUT2D eigenvalue weighted by atomic mass is 9.98. The molecule has 9 heteroatoms. The maximum absolute atomic E-state index is 13.9. The Morgan fingerprint density at radius 1 is 1.17 bits per heavy atom. The topological polar surface area (TPSA) is 54.7 Å². The van der Waals surface area contributed by atoms with Crippen molar-refractivity contribution in [3.63, 3.8) is 0 Å². The highest BCUT2D eigenvalue weighted by Crippen LogP contribution is 2.38. The number of hydrogen-bond acceptors (Lipinski definition) is 3. The molecule has 0 amide bonds. The zero-order valence-corrected chi connectivity index (χ0v) is 16.3. The number of fused-ring (bicyclic) bond motifs is 1. The Balaban J connectivity index is 2.25. The summed E-state index contributed by atoms with van der Waals surface area (Å²) in [7, 11) is 1.47. The maximum Gasteiger partial charge on any atom is 0.416 e. The largest absolute Gasteiger partial charge is 0.480 e. The molecule has 2 aromatic carbocycles. The minimum atomic E-state index is -4.55. The van der Waals surface area contributed by atoms with Crippen molar-refractivity contribution in [2.75, 3.05) is 13.7 Å². The van der Waals surface area contributed by atoms with Crippen molar-refractivity contribution in [1.82, 2.24) is 9.63 Å². The third-order valence-corrected chi connectivity index (χ3v) is 4.83. The van der Waals surface area contributed by atoms with Crippen LogP contribution in [0.1, 0.15) is 18.1 Å². The molecule has 0 saturated heterocycles. The molecule has 1 heterocycles. The van der Waals surface area contributed by atoms with Gasteiger partial charge in [-0.15, -0.1) is 0 Å². The average Bonchev–Trinajstić information content (AvgIpc) is 3.02. The molecule has 3 rings (SSSR count). The third kappa shape index (κ3) is 4.47. The average molecular weight is 424 g/mol. The monoisotopic (exact) mass is 424 g/mol. The third-order valence-electron chi connectivity index (χ3n) is 4.83. The fourth-order valence-electron chi connectivity index (χ4n) is 3.42. The molecule has 0 saturated carbocycles. The Bertz CT molecular complexity index is 1070. The number of benzene rings is 2.